The minimum absolute atomic E-state index is 0.252. The molecule has 0 saturated carbocycles. The Balaban J connectivity index is 2.82. The van der Waals surface area contributed by atoms with E-state index in [0.717, 1.165) is 4.57 Å². The summed E-state index contributed by atoms with van der Waals surface area (Å²) in [6.45, 7) is 0.252. The molecule has 0 bridgehead atoms. The Morgan fingerprint density at radius 2 is 1.84 bits per heavy atom. The summed E-state index contributed by atoms with van der Waals surface area (Å²) >= 11 is 4.03. The van der Waals surface area contributed by atoms with Gasteiger partial charge in [0.05, 0.1) is 25.1 Å². The fourth-order valence-corrected chi connectivity index (χ4v) is 2.08. The van der Waals surface area contributed by atoms with Crippen molar-refractivity contribution in [1.82, 2.24) is 9.55 Å². The molecule has 1 N–H and O–H groups in total. The molecule has 7 heteroatoms. The maximum Gasteiger partial charge on any atom is 0.328 e. The van der Waals surface area contributed by atoms with Crippen LogP contribution in [0.5, 0.6) is 11.5 Å². The van der Waals surface area contributed by atoms with Crippen LogP contribution in [-0.4, -0.2) is 29.5 Å². The molecule has 0 atom stereocenters. The van der Waals surface area contributed by atoms with Gasteiger partial charge in [-0.2, -0.15) is 12.6 Å². The van der Waals surface area contributed by atoms with Crippen LogP contribution in [0.15, 0.2) is 21.7 Å². The third kappa shape index (κ3) is 2.33. The van der Waals surface area contributed by atoms with E-state index in [9.17, 15) is 9.59 Å². The van der Waals surface area contributed by atoms with E-state index >= 15 is 0 Å². The summed E-state index contributed by atoms with van der Waals surface area (Å²) in [5.41, 5.74) is -0.407. The lowest BCUT2D eigenvalue weighted by Crippen LogP contribution is -2.35. The molecule has 0 amide bonds. The number of hydrogen-bond acceptors (Lipinski definition) is 5. The first-order valence-electron chi connectivity index (χ1n) is 5.62. The predicted molar refractivity (Wildman–Crippen MR) is 75.8 cm³/mol. The molecule has 19 heavy (non-hydrogen) atoms. The van der Waals surface area contributed by atoms with Crippen LogP contribution in [0, 0.1) is 0 Å². The molecular formula is C12H14N2O4S. The number of thiol groups is 1. The summed E-state index contributed by atoms with van der Waals surface area (Å²) < 4.78 is 11.4. The van der Waals surface area contributed by atoms with Crippen molar-refractivity contribution in [2.75, 3.05) is 20.0 Å². The van der Waals surface area contributed by atoms with Gasteiger partial charge < -0.3 is 14.5 Å². The number of fused-ring (bicyclic) bond motifs is 1. The SMILES string of the molecule is COc1cc2[nH]c(=O)n(CCS)c(=O)c2cc1OC. The van der Waals surface area contributed by atoms with E-state index < -0.39 is 5.69 Å². The van der Waals surface area contributed by atoms with Gasteiger partial charge in [-0.05, 0) is 6.07 Å². The molecule has 1 aromatic carbocycles. The van der Waals surface area contributed by atoms with Gasteiger partial charge in [0, 0.05) is 18.4 Å². The molecule has 1 aromatic heterocycles. The smallest absolute Gasteiger partial charge is 0.328 e. The second-order valence-electron chi connectivity index (χ2n) is 3.86. The zero-order valence-electron chi connectivity index (χ0n) is 10.6. The van der Waals surface area contributed by atoms with E-state index in [1.54, 1.807) is 12.1 Å². The molecule has 0 aliphatic rings. The third-order valence-corrected chi connectivity index (χ3v) is 3.01. The second kappa shape index (κ2) is 5.40. The van der Waals surface area contributed by atoms with Crippen LogP contribution in [-0.2, 0) is 6.54 Å². The van der Waals surface area contributed by atoms with Crippen LogP contribution < -0.4 is 20.7 Å². The van der Waals surface area contributed by atoms with Gasteiger partial charge in [0.1, 0.15) is 0 Å². The lowest BCUT2D eigenvalue weighted by molar-refractivity contribution is 0.355. The second-order valence-corrected chi connectivity index (χ2v) is 4.31. The lowest BCUT2D eigenvalue weighted by Gasteiger charge is -2.10. The van der Waals surface area contributed by atoms with Crippen molar-refractivity contribution in [2.24, 2.45) is 0 Å². The Morgan fingerprint density at radius 1 is 1.21 bits per heavy atom. The fourth-order valence-electron chi connectivity index (χ4n) is 1.88. The average Bonchev–Trinajstić information content (AvgIpc) is 2.42. The molecular weight excluding hydrogens is 268 g/mol. The van der Waals surface area contributed by atoms with E-state index in [4.69, 9.17) is 9.47 Å². The van der Waals surface area contributed by atoms with E-state index in [2.05, 4.69) is 17.6 Å². The van der Waals surface area contributed by atoms with Gasteiger partial charge in [0.2, 0.25) is 0 Å². The summed E-state index contributed by atoms with van der Waals surface area (Å²) in [5, 5.41) is 0.374. The topological polar surface area (TPSA) is 73.3 Å². The van der Waals surface area contributed by atoms with Gasteiger partial charge in [-0.3, -0.25) is 9.36 Å². The number of aromatic nitrogens is 2. The van der Waals surface area contributed by atoms with E-state index in [1.165, 1.54) is 14.2 Å². The molecule has 0 aliphatic carbocycles. The summed E-state index contributed by atoms with van der Waals surface area (Å²) in [7, 11) is 2.98. The van der Waals surface area contributed by atoms with Crippen molar-refractivity contribution >= 4 is 23.5 Å². The predicted octanol–water partition coefficient (Wildman–Crippen LogP) is 0.637. The molecule has 102 valence electrons. The largest absolute Gasteiger partial charge is 0.493 e. The molecule has 6 nitrogen and oxygen atoms in total. The van der Waals surface area contributed by atoms with E-state index in [1.807, 2.05) is 0 Å². The number of H-pyrrole nitrogens is 1. The van der Waals surface area contributed by atoms with Gasteiger partial charge in [-0.1, -0.05) is 0 Å². The Labute approximate surface area is 114 Å². The van der Waals surface area contributed by atoms with Crippen molar-refractivity contribution in [3.63, 3.8) is 0 Å². The summed E-state index contributed by atoms with van der Waals surface area (Å²) in [5.74, 6) is 1.30. The van der Waals surface area contributed by atoms with Crippen LogP contribution in [0.25, 0.3) is 10.9 Å². The molecule has 0 radical (unpaired) electrons. The van der Waals surface area contributed by atoms with Gasteiger partial charge in [-0.25, -0.2) is 4.79 Å². The first-order chi connectivity index (χ1) is 9.12. The molecule has 0 saturated heterocycles. The Hall–Kier alpha value is -1.89. The number of benzene rings is 1. The number of nitrogens with zero attached hydrogens (tertiary/aromatic N) is 1. The zero-order chi connectivity index (χ0) is 14.0. The minimum atomic E-state index is -0.459. The van der Waals surface area contributed by atoms with Crippen LogP contribution in [0.3, 0.4) is 0 Å². The molecule has 0 unspecified atom stereocenters. The number of nitrogens with one attached hydrogen (secondary N) is 1. The minimum Gasteiger partial charge on any atom is -0.493 e. The highest BCUT2D eigenvalue weighted by Gasteiger charge is 2.12. The fraction of sp³-hybridized carbons (Fsp3) is 0.333. The van der Waals surface area contributed by atoms with Crippen molar-refractivity contribution in [3.8, 4) is 11.5 Å². The molecule has 2 rings (SSSR count). The van der Waals surface area contributed by atoms with Crippen molar-refractivity contribution in [2.45, 2.75) is 6.54 Å². The summed E-state index contributed by atoms with van der Waals surface area (Å²) in [4.78, 5) is 26.7. The van der Waals surface area contributed by atoms with Crippen LogP contribution >= 0.6 is 12.6 Å². The van der Waals surface area contributed by atoms with Crippen molar-refractivity contribution in [3.05, 3.63) is 33.0 Å². The van der Waals surface area contributed by atoms with Gasteiger partial charge >= 0.3 is 5.69 Å². The van der Waals surface area contributed by atoms with E-state index in [0.29, 0.717) is 28.2 Å². The van der Waals surface area contributed by atoms with Gasteiger partial charge in [-0.15, -0.1) is 0 Å². The normalized spacial score (nSPS) is 10.7. The number of rotatable bonds is 4. The molecule has 0 aliphatic heterocycles. The van der Waals surface area contributed by atoms with Crippen LogP contribution in [0.1, 0.15) is 0 Å². The Bertz CT molecular complexity index is 720. The maximum absolute atomic E-state index is 12.2. The van der Waals surface area contributed by atoms with Crippen LogP contribution in [0.4, 0.5) is 0 Å². The average molecular weight is 282 g/mol. The molecule has 0 spiro atoms. The number of ether oxygens (including phenoxy) is 2. The first kappa shape index (κ1) is 13.5. The third-order valence-electron chi connectivity index (χ3n) is 2.81. The molecule has 0 fully saturated rings. The Morgan fingerprint density at radius 3 is 2.42 bits per heavy atom. The summed E-state index contributed by atoms with van der Waals surface area (Å²) in [6.07, 6.45) is 0. The monoisotopic (exact) mass is 282 g/mol. The lowest BCUT2D eigenvalue weighted by atomic mass is 10.2. The highest BCUT2D eigenvalue weighted by Crippen LogP contribution is 2.29. The molecule has 2 aromatic rings. The summed E-state index contributed by atoms with van der Waals surface area (Å²) in [6, 6.07) is 3.13. The van der Waals surface area contributed by atoms with Crippen LogP contribution in [0.2, 0.25) is 0 Å². The first-order valence-corrected chi connectivity index (χ1v) is 6.25. The molecule has 1 heterocycles. The van der Waals surface area contributed by atoms with Gasteiger partial charge in [0.25, 0.3) is 5.56 Å². The standard InChI is InChI=1S/C12H14N2O4S/c1-17-9-5-7-8(6-10(9)18-2)13-12(16)14(3-4-19)11(7)15/h5-6,19H,3-4H2,1-2H3,(H,13,16). The quantitative estimate of drug-likeness (QED) is 0.807. The maximum atomic E-state index is 12.2. The van der Waals surface area contributed by atoms with Gasteiger partial charge in [0.15, 0.2) is 11.5 Å². The zero-order valence-corrected chi connectivity index (χ0v) is 11.5. The number of aromatic amines is 1. The Kier molecular flexibility index (Phi) is 3.84. The highest BCUT2D eigenvalue weighted by molar-refractivity contribution is 7.80. The van der Waals surface area contributed by atoms with Crippen molar-refractivity contribution in [1.29, 1.82) is 0 Å². The van der Waals surface area contributed by atoms with Crippen molar-refractivity contribution < 1.29 is 9.47 Å². The van der Waals surface area contributed by atoms with E-state index in [-0.39, 0.29) is 12.1 Å². The number of hydrogen-bond donors (Lipinski definition) is 2. The number of methoxy groups -OCH3 is 2. The highest BCUT2D eigenvalue weighted by atomic mass is 32.1.